The van der Waals surface area contributed by atoms with Gasteiger partial charge in [0.25, 0.3) is 5.56 Å². The molecule has 146 valence electrons. The summed E-state index contributed by atoms with van der Waals surface area (Å²) < 4.78 is 25.1. The molecule has 0 unspecified atom stereocenters. The Labute approximate surface area is 160 Å². The lowest BCUT2D eigenvalue weighted by atomic mass is 10.1. The molecule has 1 aliphatic heterocycles. The van der Waals surface area contributed by atoms with E-state index in [2.05, 4.69) is 20.6 Å². The topological polar surface area (TPSA) is 127 Å². The molecule has 10 heteroatoms. The highest BCUT2D eigenvalue weighted by Crippen LogP contribution is 2.27. The van der Waals surface area contributed by atoms with Crippen LogP contribution in [-0.2, 0) is 21.1 Å². The van der Waals surface area contributed by atoms with Crippen molar-refractivity contribution in [2.75, 3.05) is 16.8 Å². The van der Waals surface area contributed by atoms with Crippen LogP contribution in [-0.4, -0.2) is 45.8 Å². The number of carbonyl (C=O) groups is 1. The fraction of sp³-hybridized carbons (Fsp3) is 0.333. The van der Waals surface area contributed by atoms with Crippen molar-refractivity contribution in [3.8, 4) is 0 Å². The summed E-state index contributed by atoms with van der Waals surface area (Å²) in [5.74, 6) is 0.269. The third-order valence-corrected chi connectivity index (χ3v) is 6.53. The number of amides is 1. The van der Waals surface area contributed by atoms with Crippen molar-refractivity contribution < 1.29 is 13.2 Å². The van der Waals surface area contributed by atoms with E-state index in [1.165, 1.54) is 0 Å². The summed E-state index contributed by atoms with van der Waals surface area (Å²) in [6.45, 7) is 1.78. The van der Waals surface area contributed by atoms with Gasteiger partial charge in [-0.25, -0.2) is 18.2 Å². The summed E-state index contributed by atoms with van der Waals surface area (Å²) in [6.07, 6.45) is 0.433. The van der Waals surface area contributed by atoms with Crippen LogP contribution in [0.2, 0.25) is 0 Å². The summed E-state index contributed by atoms with van der Waals surface area (Å²) in [4.78, 5) is 24.5. The van der Waals surface area contributed by atoms with Gasteiger partial charge in [-0.15, -0.1) is 0 Å². The lowest BCUT2D eigenvalue weighted by molar-refractivity contribution is -0.115. The first-order chi connectivity index (χ1) is 13.3. The second-order valence-electron chi connectivity index (χ2n) is 6.94. The van der Waals surface area contributed by atoms with Gasteiger partial charge in [0.1, 0.15) is 5.82 Å². The Balaban J connectivity index is 1.57. The molecule has 28 heavy (non-hydrogen) atoms. The molecular weight excluding hydrogens is 382 g/mol. The van der Waals surface area contributed by atoms with E-state index in [1.807, 2.05) is 0 Å². The van der Waals surface area contributed by atoms with Crippen molar-refractivity contribution in [3.63, 3.8) is 0 Å². The van der Waals surface area contributed by atoms with Gasteiger partial charge in [-0.2, -0.15) is 10.2 Å². The zero-order chi connectivity index (χ0) is 19.9. The standard InChI is InChI=1S/C18H19N5O4S/c1-11-8-16(23(22-11)12-6-7-28(26,27)10-12)19-17(24)9-15-13-4-2-3-5-14(13)18(25)21-20-15/h2-5,8,12H,6-7,9-10H2,1H3,(H,19,24)(H,21,25)/t12-/m0/s1. The van der Waals surface area contributed by atoms with Gasteiger partial charge in [0, 0.05) is 11.5 Å². The summed E-state index contributed by atoms with van der Waals surface area (Å²) in [6, 6.07) is 8.37. The number of hydrogen-bond donors (Lipinski definition) is 2. The van der Waals surface area contributed by atoms with Gasteiger partial charge in [-0.1, -0.05) is 18.2 Å². The van der Waals surface area contributed by atoms with E-state index in [0.29, 0.717) is 34.4 Å². The second kappa shape index (κ2) is 6.86. The highest BCUT2D eigenvalue weighted by atomic mass is 32.2. The molecule has 0 radical (unpaired) electrons. The lowest BCUT2D eigenvalue weighted by Gasteiger charge is -2.14. The SMILES string of the molecule is Cc1cc(NC(=O)Cc2n[nH]c(=O)c3ccccc23)n([C@H]2CCS(=O)(=O)C2)n1. The van der Waals surface area contributed by atoms with Crippen LogP contribution in [0.25, 0.3) is 10.8 Å². The molecule has 1 aliphatic rings. The van der Waals surface area contributed by atoms with Crippen LogP contribution in [0.4, 0.5) is 5.82 Å². The maximum atomic E-state index is 12.6. The Morgan fingerprint density at radius 2 is 2.07 bits per heavy atom. The van der Waals surface area contributed by atoms with Crippen molar-refractivity contribution in [2.24, 2.45) is 0 Å². The van der Waals surface area contributed by atoms with Crippen molar-refractivity contribution in [1.29, 1.82) is 0 Å². The highest BCUT2D eigenvalue weighted by Gasteiger charge is 2.31. The Morgan fingerprint density at radius 1 is 1.32 bits per heavy atom. The van der Waals surface area contributed by atoms with Crippen molar-refractivity contribution in [2.45, 2.75) is 25.8 Å². The maximum Gasteiger partial charge on any atom is 0.272 e. The number of H-pyrrole nitrogens is 1. The number of carbonyl (C=O) groups excluding carboxylic acids is 1. The number of benzene rings is 1. The molecule has 0 aliphatic carbocycles. The van der Waals surface area contributed by atoms with E-state index in [0.717, 1.165) is 0 Å². The van der Waals surface area contributed by atoms with Crippen LogP contribution in [0.5, 0.6) is 0 Å². The number of aryl methyl sites for hydroxylation is 1. The molecule has 2 aromatic heterocycles. The molecule has 1 amide bonds. The molecule has 1 aromatic carbocycles. The average Bonchev–Trinajstić information content (AvgIpc) is 3.19. The number of anilines is 1. The minimum atomic E-state index is -3.07. The van der Waals surface area contributed by atoms with E-state index in [-0.39, 0.29) is 35.4 Å². The van der Waals surface area contributed by atoms with E-state index in [1.54, 1.807) is 41.9 Å². The second-order valence-corrected chi connectivity index (χ2v) is 9.17. The lowest BCUT2D eigenvalue weighted by Crippen LogP contribution is -2.22. The first-order valence-corrected chi connectivity index (χ1v) is 10.7. The van der Waals surface area contributed by atoms with Crippen LogP contribution in [0, 0.1) is 6.92 Å². The van der Waals surface area contributed by atoms with Crippen LogP contribution < -0.4 is 10.9 Å². The molecular formula is C18H19N5O4S. The molecule has 1 fully saturated rings. The number of hydrogen-bond acceptors (Lipinski definition) is 6. The van der Waals surface area contributed by atoms with Crippen LogP contribution in [0.3, 0.4) is 0 Å². The van der Waals surface area contributed by atoms with Gasteiger partial charge >= 0.3 is 0 Å². The smallest absolute Gasteiger partial charge is 0.272 e. The molecule has 0 bridgehead atoms. The Morgan fingerprint density at radius 3 is 2.79 bits per heavy atom. The van der Waals surface area contributed by atoms with E-state index >= 15 is 0 Å². The quantitative estimate of drug-likeness (QED) is 0.671. The predicted molar refractivity (Wildman–Crippen MR) is 104 cm³/mol. The van der Waals surface area contributed by atoms with E-state index in [4.69, 9.17) is 0 Å². The molecule has 1 atom stereocenters. The fourth-order valence-electron chi connectivity index (χ4n) is 3.50. The molecule has 0 saturated carbocycles. The molecule has 1 saturated heterocycles. The minimum absolute atomic E-state index is 0.0170. The third kappa shape index (κ3) is 3.55. The number of fused-ring (bicyclic) bond motifs is 1. The molecule has 9 nitrogen and oxygen atoms in total. The number of nitrogens with zero attached hydrogens (tertiary/aromatic N) is 3. The monoisotopic (exact) mass is 401 g/mol. The number of rotatable bonds is 4. The summed E-state index contributed by atoms with van der Waals surface area (Å²) in [7, 11) is -3.07. The van der Waals surface area contributed by atoms with Crippen LogP contribution in [0.15, 0.2) is 35.1 Å². The van der Waals surface area contributed by atoms with Gasteiger partial charge in [-0.3, -0.25) is 9.59 Å². The van der Waals surface area contributed by atoms with Crippen molar-refractivity contribution in [1.82, 2.24) is 20.0 Å². The highest BCUT2D eigenvalue weighted by molar-refractivity contribution is 7.91. The molecule has 2 N–H and O–H groups in total. The molecule has 3 heterocycles. The summed E-state index contributed by atoms with van der Waals surface area (Å²) in [5.41, 5.74) is 0.835. The number of sulfone groups is 1. The van der Waals surface area contributed by atoms with Gasteiger partial charge in [0.05, 0.1) is 40.7 Å². The zero-order valence-electron chi connectivity index (χ0n) is 15.2. The van der Waals surface area contributed by atoms with Crippen LogP contribution in [0.1, 0.15) is 23.9 Å². The predicted octanol–water partition coefficient (Wildman–Crippen LogP) is 0.969. The number of nitrogens with one attached hydrogen (secondary N) is 2. The minimum Gasteiger partial charge on any atom is -0.311 e. The third-order valence-electron chi connectivity index (χ3n) is 4.78. The maximum absolute atomic E-state index is 12.6. The molecule has 3 aromatic rings. The zero-order valence-corrected chi connectivity index (χ0v) is 16.0. The Hall–Kier alpha value is -3.01. The van der Waals surface area contributed by atoms with Gasteiger partial charge in [0.2, 0.25) is 5.91 Å². The fourth-order valence-corrected chi connectivity index (χ4v) is 5.19. The summed E-state index contributed by atoms with van der Waals surface area (Å²) in [5, 5.41) is 14.7. The Bertz CT molecular complexity index is 1230. The average molecular weight is 401 g/mol. The summed E-state index contributed by atoms with van der Waals surface area (Å²) >= 11 is 0. The number of aromatic amines is 1. The number of aromatic nitrogens is 4. The van der Waals surface area contributed by atoms with E-state index in [9.17, 15) is 18.0 Å². The van der Waals surface area contributed by atoms with Crippen molar-refractivity contribution >= 4 is 32.3 Å². The van der Waals surface area contributed by atoms with Crippen molar-refractivity contribution in [3.05, 3.63) is 52.1 Å². The van der Waals surface area contributed by atoms with Gasteiger partial charge in [0.15, 0.2) is 9.84 Å². The first kappa shape index (κ1) is 18.4. The van der Waals surface area contributed by atoms with Gasteiger partial charge in [-0.05, 0) is 19.4 Å². The largest absolute Gasteiger partial charge is 0.311 e. The Kier molecular flexibility index (Phi) is 4.50. The first-order valence-electron chi connectivity index (χ1n) is 8.85. The normalized spacial score (nSPS) is 18.4. The van der Waals surface area contributed by atoms with Gasteiger partial charge < -0.3 is 5.32 Å². The molecule has 0 spiro atoms. The molecule has 4 rings (SSSR count). The van der Waals surface area contributed by atoms with Crippen LogP contribution >= 0.6 is 0 Å². The van der Waals surface area contributed by atoms with E-state index < -0.39 is 9.84 Å².